The summed E-state index contributed by atoms with van der Waals surface area (Å²) in [6.45, 7) is 3.57. The van der Waals surface area contributed by atoms with Crippen molar-refractivity contribution in [1.29, 1.82) is 0 Å². The Balaban J connectivity index is 2.95. The monoisotopic (exact) mass is 206 g/mol. The molecule has 0 aromatic heterocycles. The first-order valence-electron chi connectivity index (χ1n) is 4.79. The van der Waals surface area contributed by atoms with Gasteiger partial charge in [0, 0.05) is 5.56 Å². The smallest absolute Gasteiger partial charge is 0.337 e. The second-order valence-corrected chi connectivity index (χ2v) is 3.06. The molecule has 80 valence electrons. The van der Waals surface area contributed by atoms with Crippen LogP contribution >= 0.6 is 0 Å². The minimum absolute atomic E-state index is 0.0333. The first-order valence-corrected chi connectivity index (χ1v) is 4.79. The SMILES string of the molecule is CCOC(=O)/C(C)=C(\O)c1ccccc1. The molecular weight excluding hydrogens is 192 g/mol. The third-order valence-electron chi connectivity index (χ3n) is 1.98. The number of carbonyl (C=O) groups excluding carboxylic acids is 1. The van der Waals surface area contributed by atoms with E-state index in [1.807, 2.05) is 6.07 Å². The van der Waals surface area contributed by atoms with Gasteiger partial charge in [-0.1, -0.05) is 30.3 Å². The van der Waals surface area contributed by atoms with Gasteiger partial charge >= 0.3 is 5.97 Å². The number of aliphatic hydroxyl groups excluding tert-OH is 1. The minimum Gasteiger partial charge on any atom is -0.507 e. The molecule has 0 spiro atoms. The maximum absolute atomic E-state index is 11.3. The highest BCUT2D eigenvalue weighted by Crippen LogP contribution is 2.15. The van der Waals surface area contributed by atoms with E-state index in [9.17, 15) is 9.90 Å². The molecule has 0 aliphatic carbocycles. The Labute approximate surface area is 89.0 Å². The number of esters is 1. The van der Waals surface area contributed by atoms with Crippen molar-refractivity contribution in [1.82, 2.24) is 0 Å². The Kier molecular flexibility index (Phi) is 3.92. The summed E-state index contributed by atoms with van der Waals surface area (Å²) in [6.07, 6.45) is 0. The van der Waals surface area contributed by atoms with Crippen LogP contribution in [0, 0.1) is 0 Å². The summed E-state index contributed by atoms with van der Waals surface area (Å²) in [5.41, 5.74) is 0.839. The highest BCUT2D eigenvalue weighted by molar-refractivity contribution is 5.95. The molecule has 1 rings (SSSR count). The Morgan fingerprint density at radius 3 is 2.47 bits per heavy atom. The Bertz CT molecular complexity index is 366. The van der Waals surface area contributed by atoms with Crippen LogP contribution in [0.1, 0.15) is 19.4 Å². The second kappa shape index (κ2) is 5.20. The van der Waals surface area contributed by atoms with E-state index in [2.05, 4.69) is 0 Å². The topological polar surface area (TPSA) is 46.5 Å². The summed E-state index contributed by atoms with van der Waals surface area (Å²) < 4.78 is 4.79. The molecule has 0 aliphatic heterocycles. The van der Waals surface area contributed by atoms with E-state index in [0.29, 0.717) is 12.2 Å². The van der Waals surface area contributed by atoms with Crippen LogP contribution in [0.25, 0.3) is 5.76 Å². The zero-order valence-electron chi connectivity index (χ0n) is 8.86. The average Bonchev–Trinajstić information content (AvgIpc) is 2.28. The molecule has 0 radical (unpaired) electrons. The summed E-state index contributed by atoms with van der Waals surface area (Å²) in [5.74, 6) is -0.520. The molecule has 0 saturated heterocycles. The molecule has 0 fully saturated rings. The van der Waals surface area contributed by atoms with Gasteiger partial charge in [0.1, 0.15) is 5.76 Å². The summed E-state index contributed by atoms with van der Waals surface area (Å²) >= 11 is 0. The van der Waals surface area contributed by atoms with E-state index in [-0.39, 0.29) is 11.3 Å². The molecule has 0 amide bonds. The van der Waals surface area contributed by atoms with Crippen molar-refractivity contribution in [3.8, 4) is 0 Å². The van der Waals surface area contributed by atoms with Gasteiger partial charge in [-0.25, -0.2) is 4.79 Å². The van der Waals surface area contributed by atoms with Gasteiger partial charge in [-0.15, -0.1) is 0 Å². The van der Waals surface area contributed by atoms with E-state index in [0.717, 1.165) is 0 Å². The summed E-state index contributed by atoms with van der Waals surface area (Å²) in [6, 6.07) is 8.90. The fourth-order valence-corrected chi connectivity index (χ4v) is 1.15. The van der Waals surface area contributed by atoms with Gasteiger partial charge in [-0.05, 0) is 13.8 Å². The number of aliphatic hydroxyl groups is 1. The average molecular weight is 206 g/mol. The number of benzene rings is 1. The molecule has 0 atom stereocenters. The predicted octanol–water partition coefficient (Wildman–Crippen LogP) is 2.54. The van der Waals surface area contributed by atoms with E-state index >= 15 is 0 Å². The van der Waals surface area contributed by atoms with Crippen molar-refractivity contribution in [3.05, 3.63) is 41.5 Å². The molecule has 0 unspecified atom stereocenters. The number of rotatable bonds is 3. The standard InChI is InChI=1S/C12H14O3/c1-3-15-12(14)9(2)11(13)10-7-5-4-6-8-10/h4-8,13H,3H2,1-2H3/b11-9-. The molecule has 15 heavy (non-hydrogen) atoms. The fourth-order valence-electron chi connectivity index (χ4n) is 1.15. The maximum Gasteiger partial charge on any atom is 0.337 e. The molecule has 1 aromatic rings. The molecule has 0 saturated carbocycles. The van der Waals surface area contributed by atoms with Crippen molar-refractivity contribution < 1.29 is 14.6 Å². The van der Waals surface area contributed by atoms with Crippen molar-refractivity contribution in [3.63, 3.8) is 0 Å². The van der Waals surface area contributed by atoms with E-state index in [1.54, 1.807) is 38.1 Å². The van der Waals surface area contributed by atoms with E-state index < -0.39 is 5.97 Å². The zero-order chi connectivity index (χ0) is 11.3. The van der Waals surface area contributed by atoms with E-state index in [1.165, 1.54) is 0 Å². The molecule has 0 heterocycles. The quantitative estimate of drug-likeness (QED) is 0.469. The third-order valence-corrected chi connectivity index (χ3v) is 1.98. The van der Waals surface area contributed by atoms with Gasteiger partial charge in [0.05, 0.1) is 12.2 Å². The van der Waals surface area contributed by atoms with Gasteiger partial charge in [-0.2, -0.15) is 0 Å². The highest BCUT2D eigenvalue weighted by atomic mass is 16.5. The van der Waals surface area contributed by atoms with E-state index in [4.69, 9.17) is 4.74 Å². The molecule has 1 N–H and O–H groups in total. The molecular formula is C12H14O3. The van der Waals surface area contributed by atoms with Crippen LogP contribution in [-0.2, 0) is 9.53 Å². The lowest BCUT2D eigenvalue weighted by Crippen LogP contribution is -2.07. The number of hydrogen-bond donors (Lipinski definition) is 1. The van der Waals surface area contributed by atoms with Crippen molar-refractivity contribution in [2.75, 3.05) is 6.61 Å². The summed E-state index contributed by atoms with van der Waals surface area (Å²) in [4.78, 5) is 11.3. The van der Waals surface area contributed by atoms with Crippen LogP contribution in [0.15, 0.2) is 35.9 Å². The fraction of sp³-hybridized carbons (Fsp3) is 0.250. The normalized spacial score (nSPS) is 11.9. The summed E-state index contributed by atoms with van der Waals surface area (Å²) in [5, 5.41) is 9.76. The molecule has 0 aliphatic rings. The lowest BCUT2D eigenvalue weighted by molar-refractivity contribution is -0.138. The van der Waals surface area contributed by atoms with Crippen LogP contribution in [0.4, 0.5) is 0 Å². The third kappa shape index (κ3) is 2.84. The number of ether oxygens (including phenoxy) is 1. The largest absolute Gasteiger partial charge is 0.507 e. The Hall–Kier alpha value is -1.77. The lowest BCUT2D eigenvalue weighted by Gasteiger charge is -2.05. The number of carbonyl (C=O) groups is 1. The molecule has 1 aromatic carbocycles. The van der Waals surface area contributed by atoms with Gasteiger partial charge < -0.3 is 9.84 Å². The first kappa shape index (κ1) is 11.3. The van der Waals surface area contributed by atoms with Crippen LogP contribution in [0.2, 0.25) is 0 Å². The van der Waals surface area contributed by atoms with Crippen LogP contribution in [0.5, 0.6) is 0 Å². The highest BCUT2D eigenvalue weighted by Gasteiger charge is 2.11. The minimum atomic E-state index is -0.487. The van der Waals surface area contributed by atoms with Crippen molar-refractivity contribution in [2.45, 2.75) is 13.8 Å². The molecule has 0 bridgehead atoms. The van der Waals surface area contributed by atoms with Crippen LogP contribution < -0.4 is 0 Å². The van der Waals surface area contributed by atoms with Crippen LogP contribution in [-0.4, -0.2) is 17.7 Å². The first-order chi connectivity index (χ1) is 7.16. The lowest BCUT2D eigenvalue weighted by atomic mass is 10.1. The number of hydrogen-bond acceptors (Lipinski definition) is 3. The molecule has 3 heteroatoms. The van der Waals surface area contributed by atoms with Crippen LogP contribution in [0.3, 0.4) is 0 Å². The second-order valence-electron chi connectivity index (χ2n) is 3.06. The van der Waals surface area contributed by atoms with Gasteiger partial charge in [0.25, 0.3) is 0 Å². The summed E-state index contributed by atoms with van der Waals surface area (Å²) in [7, 11) is 0. The van der Waals surface area contributed by atoms with Gasteiger partial charge in [-0.3, -0.25) is 0 Å². The Morgan fingerprint density at radius 1 is 1.33 bits per heavy atom. The zero-order valence-corrected chi connectivity index (χ0v) is 8.86. The molecule has 3 nitrogen and oxygen atoms in total. The Morgan fingerprint density at radius 2 is 1.93 bits per heavy atom. The van der Waals surface area contributed by atoms with Crippen molar-refractivity contribution in [2.24, 2.45) is 0 Å². The maximum atomic E-state index is 11.3. The predicted molar refractivity (Wildman–Crippen MR) is 58.3 cm³/mol. The van der Waals surface area contributed by atoms with Crippen molar-refractivity contribution >= 4 is 11.7 Å². The van der Waals surface area contributed by atoms with Gasteiger partial charge in [0.2, 0.25) is 0 Å². The van der Waals surface area contributed by atoms with Gasteiger partial charge in [0.15, 0.2) is 0 Å².